The summed E-state index contributed by atoms with van der Waals surface area (Å²) < 4.78 is 27.3. The third kappa shape index (κ3) is 1.53. The van der Waals surface area contributed by atoms with Crippen molar-refractivity contribution in [2.45, 2.75) is 5.92 Å². The first-order chi connectivity index (χ1) is 6.71. The van der Waals surface area contributed by atoms with Gasteiger partial charge in [0, 0.05) is 17.1 Å². The van der Waals surface area contributed by atoms with Crippen molar-refractivity contribution >= 4 is 11.3 Å². The van der Waals surface area contributed by atoms with E-state index in [9.17, 15) is 8.78 Å². The first kappa shape index (κ1) is 9.27. The minimum Gasteiger partial charge on any atom is -0.243 e. The molecule has 1 aromatic heterocycles. The van der Waals surface area contributed by atoms with Crippen molar-refractivity contribution in [1.29, 1.82) is 0 Å². The quantitative estimate of drug-likeness (QED) is 0.742. The second-order valence-electron chi connectivity index (χ2n) is 2.78. The zero-order valence-electron chi connectivity index (χ0n) is 7.15. The van der Waals surface area contributed by atoms with E-state index in [0.717, 1.165) is 11.3 Å². The standard InChI is InChI=1S/C10H7F2NS/c11-10(12,9-13-6-7-14-9)8-4-2-1-3-5-8/h1-7H. The molecule has 0 spiro atoms. The van der Waals surface area contributed by atoms with Gasteiger partial charge >= 0.3 is 5.92 Å². The van der Waals surface area contributed by atoms with Crippen molar-refractivity contribution in [2.75, 3.05) is 0 Å². The van der Waals surface area contributed by atoms with Gasteiger partial charge in [0.1, 0.15) is 0 Å². The second-order valence-corrected chi connectivity index (χ2v) is 3.67. The Morgan fingerprint density at radius 2 is 1.86 bits per heavy atom. The average Bonchev–Trinajstić information content (AvgIpc) is 2.72. The fourth-order valence-corrected chi connectivity index (χ4v) is 1.79. The van der Waals surface area contributed by atoms with Gasteiger partial charge in [0.2, 0.25) is 0 Å². The van der Waals surface area contributed by atoms with Gasteiger partial charge in [-0.05, 0) is 0 Å². The fourth-order valence-electron chi connectivity index (χ4n) is 1.15. The number of rotatable bonds is 2. The highest BCUT2D eigenvalue weighted by Gasteiger charge is 2.36. The van der Waals surface area contributed by atoms with Crippen LogP contribution in [0.3, 0.4) is 0 Å². The van der Waals surface area contributed by atoms with Crippen molar-refractivity contribution in [3.8, 4) is 0 Å². The Balaban J connectivity index is 2.43. The van der Waals surface area contributed by atoms with Crippen molar-refractivity contribution in [1.82, 2.24) is 4.98 Å². The molecular formula is C10H7F2NS. The average molecular weight is 211 g/mol. The molecule has 1 aromatic carbocycles. The Kier molecular flexibility index (Phi) is 2.29. The molecule has 0 saturated heterocycles. The van der Waals surface area contributed by atoms with Gasteiger partial charge in [0.25, 0.3) is 0 Å². The lowest BCUT2D eigenvalue weighted by atomic mass is 10.1. The molecule has 0 amide bonds. The summed E-state index contributed by atoms with van der Waals surface area (Å²) in [5.74, 6) is -2.98. The van der Waals surface area contributed by atoms with E-state index in [1.165, 1.54) is 18.3 Å². The number of nitrogens with zero attached hydrogens (tertiary/aromatic N) is 1. The van der Waals surface area contributed by atoms with Crippen LogP contribution in [0.1, 0.15) is 10.6 Å². The normalized spacial score (nSPS) is 11.6. The van der Waals surface area contributed by atoms with Crippen LogP contribution in [-0.2, 0) is 5.92 Å². The molecule has 0 N–H and O–H groups in total. The first-order valence-electron chi connectivity index (χ1n) is 4.04. The third-order valence-corrected chi connectivity index (χ3v) is 2.68. The van der Waals surface area contributed by atoms with Crippen LogP contribution in [-0.4, -0.2) is 4.98 Å². The highest BCUT2D eigenvalue weighted by atomic mass is 32.1. The Hall–Kier alpha value is -1.29. The van der Waals surface area contributed by atoms with Gasteiger partial charge in [0.15, 0.2) is 5.01 Å². The van der Waals surface area contributed by atoms with Crippen LogP contribution in [0.15, 0.2) is 41.9 Å². The number of alkyl halides is 2. The van der Waals surface area contributed by atoms with Gasteiger partial charge in [-0.25, -0.2) is 4.98 Å². The molecule has 0 aliphatic rings. The SMILES string of the molecule is FC(F)(c1ccccc1)c1nccs1. The van der Waals surface area contributed by atoms with Crippen molar-refractivity contribution < 1.29 is 8.78 Å². The molecule has 14 heavy (non-hydrogen) atoms. The minimum absolute atomic E-state index is 0.0186. The van der Waals surface area contributed by atoms with E-state index in [4.69, 9.17) is 0 Å². The van der Waals surface area contributed by atoms with Gasteiger partial charge in [0.05, 0.1) is 0 Å². The molecule has 1 nitrogen and oxygen atoms in total. The topological polar surface area (TPSA) is 12.9 Å². The summed E-state index contributed by atoms with van der Waals surface area (Å²) in [4.78, 5) is 3.63. The molecule has 0 fully saturated rings. The summed E-state index contributed by atoms with van der Waals surface area (Å²) in [5, 5.41) is 1.38. The Labute approximate surface area is 84.0 Å². The molecule has 2 rings (SSSR count). The van der Waals surface area contributed by atoms with Crippen molar-refractivity contribution in [3.63, 3.8) is 0 Å². The molecule has 0 radical (unpaired) electrons. The molecule has 72 valence electrons. The summed E-state index contributed by atoms with van der Waals surface area (Å²) in [6.45, 7) is 0. The summed E-state index contributed by atoms with van der Waals surface area (Å²) in [6.07, 6.45) is 1.39. The molecule has 0 unspecified atom stereocenters. The zero-order valence-corrected chi connectivity index (χ0v) is 7.97. The molecule has 0 atom stereocenters. The summed E-state index contributed by atoms with van der Waals surface area (Å²) >= 11 is 0.964. The Morgan fingerprint density at radius 1 is 1.14 bits per heavy atom. The molecule has 0 aliphatic heterocycles. The monoisotopic (exact) mass is 211 g/mol. The molecule has 0 bridgehead atoms. The lowest BCUT2D eigenvalue weighted by Crippen LogP contribution is -2.14. The van der Waals surface area contributed by atoms with Gasteiger partial charge in [-0.1, -0.05) is 30.3 Å². The lowest BCUT2D eigenvalue weighted by Gasteiger charge is -2.12. The molecule has 4 heteroatoms. The summed E-state index contributed by atoms with van der Waals surface area (Å²) in [5.41, 5.74) is -0.0186. The van der Waals surface area contributed by atoms with E-state index in [1.807, 2.05) is 0 Å². The molecule has 2 aromatic rings. The van der Waals surface area contributed by atoms with Crippen LogP contribution >= 0.6 is 11.3 Å². The Morgan fingerprint density at radius 3 is 2.43 bits per heavy atom. The van der Waals surface area contributed by atoms with Crippen molar-refractivity contribution in [2.24, 2.45) is 0 Å². The molecular weight excluding hydrogens is 204 g/mol. The largest absolute Gasteiger partial charge is 0.324 e. The van der Waals surface area contributed by atoms with Gasteiger partial charge in [-0.3, -0.25) is 0 Å². The number of thiazole rings is 1. The van der Waals surface area contributed by atoms with Crippen LogP contribution in [0.4, 0.5) is 8.78 Å². The van der Waals surface area contributed by atoms with E-state index in [1.54, 1.807) is 23.6 Å². The predicted molar refractivity (Wildman–Crippen MR) is 51.6 cm³/mol. The zero-order chi connectivity index (χ0) is 10.0. The van der Waals surface area contributed by atoms with E-state index in [2.05, 4.69) is 4.98 Å². The number of hydrogen-bond acceptors (Lipinski definition) is 2. The number of halogens is 2. The lowest BCUT2D eigenvalue weighted by molar-refractivity contribution is 0.0425. The van der Waals surface area contributed by atoms with Crippen LogP contribution in [0.5, 0.6) is 0 Å². The van der Waals surface area contributed by atoms with E-state index in [0.29, 0.717) is 0 Å². The number of hydrogen-bond donors (Lipinski definition) is 0. The maximum Gasteiger partial charge on any atom is 0.324 e. The third-order valence-electron chi connectivity index (χ3n) is 1.84. The van der Waals surface area contributed by atoms with E-state index >= 15 is 0 Å². The summed E-state index contributed by atoms with van der Waals surface area (Å²) in [6, 6.07) is 7.71. The van der Waals surface area contributed by atoms with Crippen molar-refractivity contribution in [3.05, 3.63) is 52.5 Å². The Bertz CT molecular complexity index is 397. The van der Waals surface area contributed by atoms with Crippen LogP contribution < -0.4 is 0 Å². The van der Waals surface area contributed by atoms with Gasteiger partial charge < -0.3 is 0 Å². The fraction of sp³-hybridized carbons (Fsp3) is 0.100. The van der Waals surface area contributed by atoms with Gasteiger partial charge in [-0.2, -0.15) is 8.78 Å². The highest BCUT2D eigenvalue weighted by molar-refractivity contribution is 7.09. The summed E-state index contributed by atoms with van der Waals surface area (Å²) in [7, 11) is 0. The predicted octanol–water partition coefficient (Wildman–Crippen LogP) is 3.28. The number of aromatic nitrogens is 1. The highest BCUT2D eigenvalue weighted by Crippen LogP contribution is 2.36. The molecule has 1 heterocycles. The van der Waals surface area contributed by atoms with E-state index in [-0.39, 0.29) is 10.6 Å². The van der Waals surface area contributed by atoms with Gasteiger partial charge in [-0.15, -0.1) is 11.3 Å². The molecule has 0 aliphatic carbocycles. The van der Waals surface area contributed by atoms with E-state index < -0.39 is 5.92 Å². The smallest absolute Gasteiger partial charge is 0.243 e. The van der Waals surface area contributed by atoms with Crippen LogP contribution in [0.25, 0.3) is 0 Å². The maximum absolute atomic E-state index is 13.7. The maximum atomic E-state index is 13.7. The first-order valence-corrected chi connectivity index (χ1v) is 4.92. The number of benzene rings is 1. The second kappa shape index (κ2) is 3.46. The van der Waals surface area contributed by atoms with Crippen LogP contribution in [0, 0.1) is 0 Å². The molecule has 0 saturated carbocycles. The van der Waals surface area contributed by atoms with Crippen LogP contribution in [0.2, 0.25) is 0 Å². The minimum atomic E-state index is -2.98.